The van der Waals surface area contributed by atoms with Crippen LogP contribution in [0, 0.1) is 94.7 Å². The van der Waals surface area contributed by atoms with Gasteiger partial charge in [-0.3, -0.25) is 55.9 Å². The lowest BCUT2D eigenvalue weighted by atomic mass is 10.1. The van der Waals surface area contributed by atoms with E-state index in [-0.39, 0.29) is 116 Å². The average molecular weight is 1780 g/mol. The fraction of sp³-hybridized carbons (Fsp3) is 0.743. The average Bonchev–Trinajstić information content (AvgIpc) is 0.885. The Labute approximate surface area is 757 Å². The second kappa shape index (κ2) is 90.3. The Balaban J connectivity index is 6.22. The van der Waals surface area contributed by atoms with Crippen molar-refractivity contribution in [2.75, 3.05) is 79.2 Å². The summed E-state index contributed by atoms with van der Waals surface area (Å²) in [6.45, 7) is 17.8. The van der Waals surface area contributed by atoms with E-state index in [4.69, 9.17) is 46.1 Å². The molecular weight excluding hydrogens is 1620 g/mol. The van der Waals surface area contributed by atoms with Crippen LogP contribution >= 0.6 is 15.6 Å². The summed E-state index contributed by atoms with van der Waals surface area (Å²) in [5.41, 5.74) is 0. The summed E-state index contributed by atoms with van der Waals surface area (Å²) < 4.78 is 86.7. The molecule has 0 fully saturated rings. The zero-order valence-electron chi connectivity index (χ0n) is 78.1. The smallest absolute Gasteiger partial charge is 0.462 e. The van der Waals surface area contributed by atoms with Gasteiger partial charge >= 0.3 is 27.6 Å². The highest BCUT2D eigenvalue weighted by Gasteiger charge is 2.31. The molecule has 0 aromatic rings. The van der Waals surface area contributed by atoms with Gasteiger partial charge in [-0.2, -0.15) is 0 Å². The van der Waals surface area contributed by atoms with Gasteiger partial charge in [0.1, 0.15) is 12.5 Å². The third-order valence-electron chi connectivity index (χ3n) is 20.1. The third kappa shape index (κ3) is 82.4. The molecule has 0 saturated carbocycles. The van der Waals surface area contributed by atoms with E-state index < -0.39 is 71.3 Å². The van der Waals surface area contributed by atoms with Gasteiger partial charge in [-0.05, 0) is 134 Å². The Hall–Kier alpha value is -7.08. The highest BCUT2D eigenvalue weighted by atomic mass is 31.2. The van der Waals surface area contributed by atoms with Crippen LogP contribution in [0.1, 0.15) is 382 Å². The fourth-order valence-corrected chi connectivity index (χ4v) is 15.4. The molecule has 0 aliphatic rings. The van der Waals surface area contributed by atoms with Crippen LogP contribution in [-0.2, 0) is 84.0 Å². The van der Waals surface area contributed by atoms with Gasteiger partial charge in [-0.15, -0.1) is 13.2 Å². The minimum Gasteiger partial charge on any atom is -0.462 e. The van der Waals surface area contributed by atoms with Crippen molar-refractivity contribution in [1.29, 1.82) is 0 Å². The van der Waals surface area contributed by atoms with Crippen LogP contribution in [0.5, 0.6) is 0 Å². The molecule has 24 heteroatoms. The van der Waals surface area contributed by atoms with Crippen LogP contribution in [0.15, 0.2) is 25.3 Å². The molecule has 125 heavy (non-hydrogen) atoms. The molecule has 704 valence electrons. The molecule has 2 unspecified atom stereocenters. The zero-order valence-corrected chi connectivity index (χ0v) is 79.9. The summed E-state index contributed by atoms with van der Waals surface area (Å²) in [5, 5.41) is 11.1. The van der Waals surface area contributed by atoms with Crippen LogP contribution in [0.4, 0.5) is 0 Å². The van der Waals surface area contributed by atoms with Crippen molar-refractivity contribution < 1.29 is 84.0 Å². The number of nitrogens with one attached hydrogen (secondary N) is 4. The first-order valence-electron chi connectivity index (χ1n) is 47.9. The van der Waals surface area contributed by atoms with Gasteiger partial charge in [0.15, 0.2) is 6.10 Å². The van der Waals surface area contributed by atoms with Gasteiger partial charge in [0.25, 0.3) is 0 Å². The molecule has 0 spiro atoms. The van der Waals surface area contributed by atoms with E-state index in [0.717, 1.165) is 116 Å². The van der Waals surface area contributed by atoms with Gasteiger partial charge < -0.3 is 40.2 Å². The van der Waals surface area contributed by atoms with Crippen molar-refractivity contribution in [2.24, 2.45) is 0 Å². The van der Waals surface area contributed by atoms with Gasteiger partial charge in [0.2, 0.25) is 23.6 Å². The van der Waals surface area contributed by atoms with E-state index in [1.54, 1.807) is 6.92 Å². The fourth-order valence-electron chi connectivity index (χ4n) is 13.0. The van der Waals surface area contributed by atoms with E-state index in [1.807, 2.05) is 0 Å². The van der Waals surface area contributed by atoms with Crippen molar-refractivity contribution in [3.05, 3.63) is 25.3 Å². The summed E-state index contributed by atoms with van der Waals surface area (Å²) in [6, 6.07) is -1.65. The molecule has 0 radical (unpaired) electrons. The van der Waals surface area contributed by atoms with E-state index in [0.29, 0.717) is 38.5 Å². The number of esters is 2. The Morgan fingerprint density at radius 3 is 0.968 bits per heavy atom. The number of rotatable bonds is 86. The number of hydrogen-bond donors (Lipinski definition) is 4. The summed E-state index contributed by atoms with van der Waals surface area (Å²) in [6.07, 6.45) is 53.5. The SMILES string of the molecule is C=CCOP(=O)(OCCNC(=O)CC(=O)NCCOP(=O)(OCC=C)OC[C@H](COCC[C@@H](C#CC#CC#CC#CC#CC#CC#CC#CC)OC(=O)CCCCCCCCCCC)NC(=O)CCCCCCCCCCCCC)OC[C@@H](COCC[C@@H](CCCCCCC)OC(=O)CCCCCCCCCCC)NC(=O)CCCCCCCCCCCCC. The topological polar surface area (TPSA) is 277 Å². The lowest BCUT2D eigenvalue weighted by Crippen LogP contribution is -2.41. The number of carbonyl (C=O) groups is 6. The predicted octanol–water partition coefficient (Wildman–Crippen LogP) is 21.6. The molecule has 4 amide bonds. The number of phosphoric acid groups is 2. The molecule has 0 aromatic carbocycles. The number of phosphoric ester groups is 2. The lowest BCUT2D eigenvalue weighted by Gasteiger charge is -2.23. The highest BCUT2D eigenvalue weighted by Crippen LogP contribution is 2.50. The predicted molar refractivity (Wildman–Crippen MR) is 504 cm³/mol. The molecule has 22 nitrogen and oxygen atoms in total. The highest BCUT2D eigenvalue weighted by molar-refractivity contribution is 7.48. The first-order chi connectivity index (χ1) is 61.0. The van der Waals surface area contributed by atoms with E-state index >= 15 is 0 Å². The molecule has 0 rings (SSSR count). The second-order valence-electron chi connectivity index (χ2n) is 31.6. The van der Waals surface area contributed by atoms with Crippen molar-refractivity contribution >= 4 is 51.2 Å². The molecule has 0 bridgehead atoms. The van der Waals surface area contributed by atoms with Crippen LogP contribution < -0.4 is 21.3 Å². The van der Waals surface area contributed by atoms with Crippen molar-refractivity contribution in [1.82, 2.24) is 21.3 Å². The third-order valence-corrected chi connectivity index (χ3v) is 22.9. The minimum atomic E-state index is -4.43. The standard InChI is InChI=1S/C101H162N4O18P2/c1-9-17-23-29-34-39-42-43-44-45-48-51-54-60-66-72-95(123-101(111)76-70-64-58-50-38-33-27-21-13-5)78-84-115-89-93(105-97(107)74-68-62-56-53-47-41-36-31-25-19-11-3)91-121-125(113,117-82-16-8)119-86-80-103-99(109)87-98(108)102-79-85-118-124(112,116-81-15-7)120-90-92(104-96(106)73-67-61-55-52-46-40-35-30-24-18-10-2)88-114-83-77-94(71-65-59-28-22-14-6)122-100(110)75-69-63-57-49-37-32-26-20-12-4/h15-16,92-95H,7-8,10-14,18-22,24-28,30-33,35-38,40-41,46-47,49-50,52-53,55-59,61-65,67-71,73-91H2,1-6H3,(H,102,108)(H,103,109)(H,104,106)(H,105,107)/t92-,93+,94-,95-,124?,125?/m1/s1. The molecule has 6 atom stereocenters. The Kier molecular flexibility index (Phi) is 85.2. The number of amides is 4. The van der Waals surface area contributed by atoms with Crippen LogP contribution in [0.2, 0.25) is 0 Å². The van der Waals surface area contributed by atoms with Gasteiger partial charge in [0, 0.05) is 51.6 Å². The number of hydrogen-bond acceptors (Lipinski definition) is 18. The van der Waals surface area contributed by atoms with E-state index in [1.165, 1.54) is 166 Å². The monoisotopic (exact) mass is 1780 g/mol. The molecule has 0 saturated heterocycles. The Morgan fingerprint density at radius 2 is 0.624 bits per heavy atom. The number of ether oxygens (including phenoxy) is 4. The quantitative estimate of drug-likeness (QED) is 0.0110. The molecule has 0 aliphatic heterocycles. The van der Waals surface area contributed by atoms with Crippen molar-refractivity contribution in [3.8, 4) is 94.7 Å². The molecule has 0 aromatic heterocycles. The molecule has 0 heterocycles. The molecular formula is C101H162N4O18P2. The summed E-state index contributed by atoms with van der Waals surface area (Å²) in [7, 11) is -8.80. The number of unbranched alkanes of at least 4 members (excludes halogenated alkanes) is 40. The molecule has 4 N–H and O–H groups in total. The van der Waals surface area contributed by atoms with Crippen molar-refractivity contribution in [2.45, 2.75) is 406 Å². The first-order valence-corrected chi connectivity index (χ1v) is 50.8. The largest absolute Gasteiger partial charge is 0.475 e. The van der Waals surface area contributed by atoms with Crippen LogP contribution in [0.25, 0.3) is 0 Å². The Morgan fingerprint density at radius 1 is 0.320 bits per heavy atom. The van der Waals surface area contributed by atoms with Gasteiger partial charge in [0.05, 0.1) is 78.2 Å². The maximum Gasteiger partial charge on any atom is 0.475 e. The Bertz CT molecular complexity index is 3480. The first kappa shape index (κ1) is 118. The zero-order chi connectivity index (χ0) is 91.4. The van der Waals surface area contributed by atoms with Gasteiger partial charge in [-0.1, -0.05) is 310 Å². The maximum atomic E-state index is 14.2. The number of carbonyl (C=O) groups excluding carboxylic acids is 6. The van der Waals surface area contributed by atoms with Crippen molar-refractivity contribution in [3.63, 3.8) is 0 Å². The summed E-state index contributed by atoms with van der Waals surface area (Å²) in [5.74, 6) is 39.2. The minimum absolute atomic E-state index is 0.0136. The normalized spacial score (nSPS) is 12.5. The van der Waals surface area contributed by atoms with E-state index in [2.05, 4.69) is 164 Å². The maximum absolute atomic E-state index is 14.2. The molecule has 0 aliphatic carbocycles. The van der Waals surface area contributed by atoms with Crippen LogP contribution in [-0.4, -0.2) is 139 Å². The van der Waals surface area contributed by atoms with Gasteiger partial charge in [-0.25, -0.2) is 9.13 Å². The van der Waals surface area contributed by atoms with Crippen LogP contribution in [0.3, 0.4) is 0 Å². The summed E-state index contributed by atoms with van der Waals surface area (Å²) >= 11 is 0. The lowest BCUT2D eigenvalue weighted by molar-refractivity contribution is -0.151. The summed E-state index contributed by atoms with van der Waals surface area (Å²) in [4.78, 5) is 79.7. The van der Waals surface area contributed by atoms with E-state index in [9.17, 15) is 37.9 Å². The second-order valence-corrected chi connectivity index (χ2v) is 35.0.